The average molecular weight is 280 g/mol. The maximum atomic E-state index is 5.30. The summed E-state index contributed by atoms with van der Waals surface area (Å²) in [5, 5.41) is 7.50. The highest BCUT2D eigenvalue weighted by Crippen LogP contribution is 2.13. The predicted molar refractivity (Wildman–Crippen MR) is 84.9 cm³/mol. The number of aromatic nitrogens is 1. The van der Waals surface area contributed by atoms with Gasteiger partial charge in [-0.25, -0.2) is 0 Å². The van der Waals surface area contributed by atoms with Crippen molar-refractivity contribution in [2.75, 3.05) is 6.54 Å². The molecule has 0 radical (unpaired) electrons. The summed E-state index contributed by atoms with van der Waals surface area (Å²) in [7, 11) is 0. The number of nitrogens with zero attached hydrogens (tertiary/aromatic N) is 1. The minimum Gasteiger partial charge on any atom is -0.360 e. The molecule has 116 valence electrons. The molecule has 0 aliphatic carbocycles. The summed E-state index contributed by atoms with van der Waals surface area (Å²) in [4.78, 5) is 0. The van der Waals surface area contributed by atoms with E-state index in [2.05, 4.69) is 37.3 Å². The number of rotatable bonds is 12. The lowest BCUT2D eigenvalue weighted by Gasteiger charge is -2.03. The fourth-order valence-corrected chi connectivity index (χ4v) is 2.28. The largest absolute Gasteiger partial charge is 0.360 e. The Morgan fingerprint density at radius 2 is 1.70 bits per heavy atom. The maximum Gasteiger partial charge on any atom is 0.150 e. The number of unbranched alkanes of at least 4 members (excludes halogenated alkanes) is 7. The van der Waals surface area contributed by atoms with Crippen molar-refractivity contribution in [2.24, 2.45) is 0 Å². The van der Waals surface area contributed by atoms with Gasteiger partial charge in [0, 0.05) is 6.07 Å². The van der Waals surface area contributed by atoms with Crippen molar-refractivity contribution in [1.29, 1.82) is 0 Å². The van der Waals surface area contributed by atoms with Gasteiger partial charge in [0.1, 0.15) is 0 Å². The standard InChI is InChI=1S/C17H32N2O/c1-4-5-6-7-8-9-10-11-12-18-14-16-13-17(15(2)3)19-20-16/h13,15,18H,4-12,14H2,1-3H3. The normalized spacial score (nSPS) is 11.4. The second kappa shape index (κ2) is 10.9. The second-order valence-corrected chi connectivity index (χ2v) is 6.02. The van der Waals surface area contributed by atoms with Gasteiger partial charge in [-0.3, -0.25) is 0 Å². The first-order valence-electron chi connectivity index (χ1n) is 8.40. The molecule has 20 heavy (non-hydrogen) atoms. The molecule has 0 atom stereocenters. The third-order valence-electron chi connectivity index (χ3n) is 3.68. The van der Waals surface area contributed by atoms with E-state index >= 15 is 0 Å². The van der Waals surface area contributed by atoms with Crippen LogP contribution in [0.4, 0.5) is 0 Å². The molecular weight excluding hydrogens is 248 g/mol. The molecule has 1 heterocycles. The van der Waals surface area contributed by atoms with Crippen LogP contribution >= 0.6 is 0 Å². The van der Waals surface area contributed by atoms with Gasteiger partial charge in [-0.1, -0.05) is 70.9 Å². The van der Waals surface area contributed by atoms with Crippen LogP contribution in [0.25, 0.3) is 0 Å². The molecule has 0 aliphatic heterocycles. The van der Waals surface area contributed by atoms with Gasteiger partial charge in [0.2, 0.25) is 0 Å². The molecule has 1 N–H and O–H groups in total. The first-order chi connectivity index (χ1) is 9.74. The van der Waals surface area contributed by atoms with Crippen LogP contribution in [0.3, 0.4) is 0 Å². The molecule has 1 rings (SSSR count). The van der Waals surface area contributed by atoms with Gasteiger partial charge in [0.05, 0.1) is 12.2 Å². The summed E-state index contributed by atoms with van der Waals surface area (Å²) in [6, 6.07) is 2.06. The van der Waals surface area contributed by atoms with Crippen molar-refractivity contribution in [3.05, 3.63) is 17.5 Å². The molecule has 0 unspecified atom stereocenters. The van der Waals surface area contributed by atoms with E-state index in [1.165, 1.54) is 51.4 Å². The molecule has 0 amide bonds. The lowest BCUT2D eigenvalue weighted by molar-refractivity contribution is 0.365. The molecule has 0 bridgehead atoms. The van der Waals surface area contributed by atoms with Crippen molar-refractivity contribution in [1.82, 2.24) is 10.5 Å². The van der Waals surface area contributed by atoms with Crippen molar-refractivity contribution in [2.45, 2.75) is 84.6 Å². The minimum atomic E-state index is 0.445. The zero-order valence-electron chi connectivity index (χ0n) is 13.6. The summed E-state index contributed by atoms with van der Waals surface area (Å²) < 4.78 is 5.30. The first kappa shape index (κ1) is 17.2. The molecule has 1 aromatic rings. The van der Waals surface area contributed by atoms with Crippen LogP contribution in [0.5, 0.6) is 0 Å². The Balaban J connectivity index is 1.91. The van der Waals surface area contributed by atoms with Crippen LogP contribution in [0.15, 0.2) is 10.6 Å². The van der Waals surface area contributed by atoms with E-state index in [1.54, 1.807) is 0 Å². The van der Waals surface area contributed by atoms with Crippen LogP contribution in [0, 0.1) is 0 Å². The molecular formula is C17H32N2O. The summed E-state index contributed by atoms with van der Waals surface area (Å²) >= 11 is 0. The molecule has 1 aromatic heterocycles. The van der Waals surface area contributed by atoms with E-state index < -0.39 is 0 Å². The topological polar surface area (TPSA) is 38.1 Å². The molecule has 0 saturated heterocycles. The lowest BCUT2D eigenvalue weighted by atomic mass is 10.1. The van der Waals surface area contributed by atoms with Crippen LogP contribution in [0.2, 0.25) is 0 Å². The number of nitrogens with one attached hydrogen (secondary N) is 1. The van der Waals surface area contributed by atoms with Gasteiger partial charge in [-0.15, -0.1) is 0 Å². The average Bonchev–Trinajstić information content (AvgIpc) is 2.90. The summed E-state index contributed by atoms with van der Waals surface area (Å²) in [5.41, 5.74) is 1.05. The van der Waals surface area contributed by atoms with E-state index in [9.17, 15) is 0 Å². The van der Waals surface area contributed by atoms with Crippen LogP contribution in [-0.4, -0.2) is 11.7 Å². The SMILES string of the molecule is CCCCCCCCCCNCc1cc(C(C)C)no1. The monoisotopic (exact) mass is 280 g/mol. The molecule has 0 saturated carbocycles. The van der Waals surface area contributed by atoms with Gasteiger partial charge < -0.3 is 9.84 Å². The van der Waals surface area contributed by atoms with E-state index in [4.69, 9.17) is 4.52 Å². The fourth-order valence-electron chi connectivity index (χ4n) is 2.28. The zero-order valence-corrected chi connectivity index (χ0v) is 13.6. The van der Waals surface area contributed by atoms with Gasteiger partial charge in [0.15, 0.2) is 5.76 Å². The maximum absolute atomic E-state index is 5.30. The summed E-state index contributed by atoms with van der Waals surface area (Å²) in [6.07, 6.45) is 11.0. The van der Waals surface area contributed by atoms with Gasteiger partial charge in [-0.2, -0.15) is 0 Å². The lowest BCUT2D eigenvalue weighted by Crippen LogP contribution is -2.14. The molecule has 0 aromatic carbocycles. The van der Waals surface area contributed by atoms with Crippen LogP contribution in [0.1, 0.15) is 89.5 Å². The van der Waals surface area contributed by atoms with Crippen LogP contribution in [-0.2, 0) is 6.54 Å². The van der Waals surface area contributed by atoms with E-state index in [1.807, 2.05) is 0 Å². The molecule has 0 spiro atoms. The third-order valence-corrected chi connectivity index (χ3v) is 3.68. The molecule has 3 heteroatoms. The molecule has 0 fully saturated rings. The Morgan fingerprint density at radius 3 is 2.30 bits per heavy atom. The third kappa shape index (κ3) is 7.68. The Labute approximate surface area is 124 Å². The highest BCUT2D eigenvalue weighted by atomic mass is 16.5. The quantitative estimate of drug-likeness (QED) is 0.546. The smallest absolute Gasteiger partial charge is 0.150 e. The molecule has 0 aliphatic rings. The van der Waals surface area contributed by atoms with E-state index in [-0.39, 0.29) is 0 Å². The zero-order chi connectivity index (χ0) is 14.6. The van der Waals surface area contributed by atoms with Crippen molar-refractivity contribution < 1.29 is 4.52 Å². The number of hydrogen-bond acceptors (Lipinski definition) is 3. The van der Waals surface area contributed by atoms with E-state index in [0.717, 1.165) is 24.5 Å². The van der Waals surface area contributed by atoms with Gasteiger partial charge in [0.25, 0.3) is 0 Å². The highest BCUT2D eigenvalue weighted by molar-refractivity contribution is 5.08. The van der Waals surface area contributed by atoms with Gasteiger partial charge in [-0.05, 0) is 18.9 Å². The van der Waals surface area contributed by atoms with E-state index in [0.29, 0.717) is 5.92 Å². The second-order valence-electron chi connectivity index (χ2n) is 6.02. The Hall–Kier alpha value is -0.830. The van der Waals surface area contributed by atoms with Crippen LogP contribution < -0.4 is 5.32 Å². The Kier molecular flexibility index (Phi) is 9.38. The summed E-state index contributed by atoms with van der Waals surface area (Å²) in [6.45, 7) is 8.42. The van der Waals surface area contributed by atoms with Crippen molar-refractivity contribution in [3.8, 4) is 0 Å². The predicted octanol–water partition coefficient (Wildman–Crippen LogP) is 5.03. The van der Waals surface area contributed by atoms with Crippen molar-refractivity contribution >= 4 is 0 Å². The summed E-state index contributed by atoms with van der Waals surface area (Å²) in [5.74, 6) is 1.40. The fraction of sp³-hybridized carbons (Fsp3) is 0.824. The Bertz CT molecular complexity index is 333. The Morgan fingerprint density at radius 1 is 1.05 bits per heavy atom. The number of hydrogen-bond donors (Lipinski definition) is 1. The van der Waals surface area contributed by atoms with Crippen molar-refractivity contribution in [3.63, 3.8) is 0 Å². The van der Waals surface area contributed by atoms with Gasteiger partial charge >= 0.3 is 0 Å². The first-order valence-corrected chi connectivity index (χ1v) is 8.40. The minimum absolute atomic E-state index is 0.445. The highest BCUT2D eigenvalue weighted by Gasteiger charge is 2.06. The molecule has 3 nitrogen and oxygen atoms in total.